The summed E-state index contributed by atoms with van der Waals surface area (Å²) in [5.41, 5.74) is 1.20. The van der Waals surface area contributed by atoms with E-state index in [9.17, 15) is 14.4 Å². The summed E-state index contributed by atoms with van der Waals surface area (Å²) in [6.07, 6.45) is 0.343. The highest BCUT2D eigenvalue weighted by Crippen LogP contribution is 2.28. The highest BCUT2D eigenvalue weighted by Gasteiger charge is 2.34. The fraction of sp³-hybridized carbons (Fsp3) is 0.190. The van der Waals surface area contributed by atoms with E-state index in [2.05, 4.69) is 15.5 Å². The van der Waals surface area contributed by atoms with Crippen LogP contribution in [0.5, 0.6) is 11.5 Å². The van der Waals surface area contributed by atoms with E-state index in [1.165, 1.54) is 30.5 Å². The molecule has 2 heterocycles. The van der Waals surface area contributed by atoms with Gasteiger partial charge in [0.25, 0.3) is 17.7 Å². The summed E-state index contributed by atoms with van der Waals surface area (Å²) >= 11 is 1.18. The van der Waals surface area contributed by atoms with Gasteiger partial charge in [0.05, 0.1) is 25.3 Å². The van der Waals surface area contributed by atoms with Crippen LogP contribution in [0.15, 0.2) is 42.5 Å². The van der Waals surface area contributed by atoms with Crippen LogP contribution >= 0.6 is 11.3 Å². The third-order valence-electron chi connectivity index (χ3n) is 4.76. The number of amides is 3. The largest absolute Gasteiger partial charge is 0.493 e. The minimum atomic E-state index is -0.371. The first kappa shape index (κ1) is 20.5. The number of carbonyl (C=O) groups is 3. The Balaban J connectivity index is 1.39. The van der Waals surface area contributed by atoms with E-state index in [1.807, 2.05) is 0 Å². The first-order valence-corrected chi connectivity index (χ1v) is 10.1. The highest BCUT2D eigenvalue weighted by molar-refractivity contribution is 7.15. The normalized spacial score (nSPS) is 12.6. The number of ether oxygens (including phenoxy) is 2. The number of anilines is 1. The number of nitrogens with one attached hydrogen (secondary N) is 1. The van der Waals surface area contributed by atoms with E-state index in [0.717, 1.165) is 0 Å². The van der Waals surface area contributed by atoms with Gasteiger partial charge in [-0.3, -0.25) is 24.6 Å². The highest BCUT2D eigenvalue weighted by atomic mass is 32.1. The molecule has 4 rings (SSSR count). The number of fused-ring (bicyclic) bond motifs is 1. The lowest BCUT2D eigenvalue weighted by Gasteiger charge is -2.12. The number of rotatable bonds is 7. The van der Waals surface area contributed by atoms with Crippen LogP contribution in [0.1, 0.15) is 36.1 Å². The van der Waals surface area contributed by atoms with Crippen LogP contribution in [0.3, 0.4) is 0 Å². The smallest absolute Gasteiger partial charge is 0.261 e. The van der Waals surface area contributed by atoms with Gasteiger partial charge in [-0.05, 0) is 30.3 Å². The molecule has 0 unspecified atom stereocenters. The van der Waals surface area contributed by atoms with Crippen LogP contribution in [0.4, 0.5) is 5.13 Å². The Hall–Kier alpha value is -3.79. The second-order valence-electron chi connectivity index (χ2n) is 6.58. The molecular weight excluding hydrogens is 420 g/mol. The number of hydrogen-bond acceptors (Lipinski definition) is 8. The number of nitrogens with zero attached hydrogens (tertiary/aromatic N) is 3. The number of aromatic nitrogens is 2. The Morgan fingerprint density at radius 1 is 1.00 bits per heavy atom. The van der Waals surface area contributed by atoms with Gasteiger partial charge in [-0.2, -0.15) is 0 Å². The van der Waals surface area contributed by atoms with E-state index in [4.69, 9.17) is 9.47 Å². The lowest BCUT2D eigenvalue weighted by atomic mass is 10.1. The molecule has 158 valence electrons. The third-order valence-corrected chi connectivity index (χ3v) is 5.66. The van der Waals surface area contributed by atoms with Gasteiger partial charge in [0.15, 0.2) is 11.5 Å². The van der Waals surface area contributed by atoms with Crippen molar-refractivity contribution in [3.63, 3.8) is 0 Å². The van der Waals surface area contributed by atoms with Crippen LogP contribution in [0, 0.1) is 0 Å². The average molecular weight is 438 g/mol. The van der Waals surface area contributed by atoms with Gasteiger partial charge in [0.1, 0.15) is 5.01 Å². The topological polar surface area (TPSA) is 111 Å². The number of imide groups is 1. The Bertz CT molecular complexity index is 1140. The van der Waals surface area contributed by atoms with Gasteiger partial charge in [0.2, 0.25) is 5.13 Å². The van der Waals surface area contributed by atoms with Crippen molar-refractivity contribution in [2.75, 3.05) is 26.1 Å². The van der Waals surface area contributed by atoms with Gasteiger partial charge >= 0.3 is 0 Å². The Morgan fingerprint density at radius 2 is 1.68 bits per heavy atom. The van der Waals surface area contributed by atoms with Crippen molar-refractivity contribution >= 4 is 34.2 Å². The summed E-state index contributed by atoms with van der Waals surface area (Å²) < 4.78 is 10.4. The zero-order valence-corrected chi connectivity index (χ0v) is 17.6. The Kier molecular flexibility index (Phi) is 5.63. The summed E-state index contributed by atoms with van der Waals surface area (Å²) in [6.45, 7) is 0.185. The first-order valence-electron chi connectivity index (χ1n) is 9.32. The number of carbonyl (C=O) groups excluding carboxylic acids is 3. The fourth-order valence-corrected chi connectivity index (χ4v) is 3.93. The lowest BCUT2D eigenvalue weighted by molar-refractivity contribution is 0.0655. The van der Waals surface area contributed by atoms with Crippen LogP contribution in [0.25, 0.3) is 0 Å². The van der Waals surface area contributed by atoms with Crippen LogP contribution in [-0.2, 0) is 6.42 Å². The third kappa shape index (κ3) is 3.97. The average Bonchev–Trinajstić information content (AvgIpc) is 3.34. The molecule has 0 spiro atoms. The van der Waals surface area contributed by atoms with Crippen molar-refractivity contribution in [3.8, 4) is 11.5 Å². The molecule has 0 bridgehead atoms. The van der Waals surface area contributed by atoms with Gasteiger partial charge in [-0.1, -0.05) is 23.5 Å². The molecule has 0 saturated carbocycles. The molecule has 0 radical (unpaired) electrons. The summed E-state index contributed by atoms with van der Waals surface area (Å²) in [7, 11) is 3.01. The maximum atomic E-state index is 12.5. The summed E-state index contributed by atoms with van der Waals surface area (Å²) in [4.78, 5) is 38.6. The summed E-state index contributed by atoms with van der Waals surface area (Å²) in [5.74, 6) is -0.0392. The fourth-order valence-electron chi connectivity index (χ4n) is 3.20. The van der Waals surface area contributed by atoms with Crippen LogP contribution in [-0.4, -0.2) is 53.6 Å². The molecule has 1 aliphatic heterocycles. The van der Waals surface area contributed by atoms with Crippen LogP contribution < -0.4 is 14.8 Å². The molecule has 3 aromatic rings. The minimum absolute atomic E-state index is 0.185. The van der Waals surface area contributed by atoms with E-state index in [1.54, 1.807) is 42.5 Å². The zero-order valence-electron chi connectivity index (χ0n) is 16.7. The van der Waals surface area contributed by atoms with E-state index < -0.39 is 0 Å². The molecule has 3 amide bonds. The SMILES string of the molecule is COc1ccc(C(=O)Nc2nnc(CCN3C(=O)c4ccccc4C3=O)s2)cc1OC. The van der Waals surface area contributed by atoms with Crippen molar-refractivity contribution in [1.29, 1.82) is 0 Å². The van der Waals surface area contributed by atoms with E-state index in [0.29, 0.717) is 44.7 Å². The molecule has 0 saturated heterocycles. The van der Waals surface area contributed by atoms with Crippen molar-refractivity contribution in [1.82, 2.24) is 15.1 Å². The van der Waals surface area contributed by atoms with E-state index >= 15 is 0 Å². The Labute approximate surface area is 181 Å². The summed E-state index contributed by atoms with van der Waals surface area (Å²) in [6, 6.07) is 11.6. The Morgan fingerprint density at radius 3 is 2.32 bits per heavy atom. The quantitative estimate of drug-likeness (QED) is 0.565. The molecule has 10 heteroatoms. The molecule has 0 atom stereocenters. The van der Waals surface area contributed by atoms with Gasteiger partial charge < -0.3 is 9.47 Å². The number of methoxy groups -OCH3 is 2. The lowest BCUT2D eigenvalue weighted by Crippen LogP contribution is -2.31. The summed E-state index contributed by atoms with van der Waals surface area (Å²) in [5, 5.41) is 11.6. The maximum Gasteiger partial charge on any atom is 0.261 e. The number of hydrogen-bond donors (Lipinski definition) is 1. The second-order valence-corrected chi connectivity index (χ2v) is 7.64. The molecule has 2 aromatic carbocycles. The predicted molar refractivity (Wildman–Crippen MR) is 113 cm³/mol. The second kappa shape index (κ2) is 8.52. The zero-order chi connectivity index (χ0) is 22.0. The molecule has 0 aliphatic carbocycles. The van der Waals surface area contributed by atoms with Gasteiger partial charge in [0, 0.05) is 18.5 Å². The number of benzene rings is 2. The predicted octanol–water partition coefficient (Wildman–Crippen LogP) is 2.65. The molecule has 1 aromatic heterocycles. The molecular formula is C21H18N4O5S. The maximum absolute atomic E-state index is 12.5. The van der Waals surface area contributed by atoms with Crippen molar-refractivity contribution in [2.45, 2.75) is 6.42 Å². The van der Waals surface area contributed by atoms with Crippen molar-refractivity contribution in [3.05, 3.63) is 64.2 Å². The minimum Gasteiger partial charge on any atom is -0.493 e. The molecule has 0 fully saturated rings. The molecule has 1 N–H and O–H groups in total. The molecule has 9 nitrogen and oxygen atoms in total. The first-order chi connectivity index (χ1) is 15.0. The van der Waals surface area contributed by atoms with Gasteiger partial charge in [-0.25, -0.2) is 0 Å². The van der Waals surface area contributed by atoms with Crippen molar-refractivity contribution < 1.29 is 23.9 Å². The van der Waals surface area contributed by atoms with Crippen molar-refractivity contribution in [2.24, 2.45) is 0 Å². The van der Waals surface area contributed by atoms with Crippen LogP contribution in [0.2, 0.25) is 0 Å². The standard InChI is InChI=1S/C21H18N4O5S/c1-29-15-8-7-12(11-16(15)30-2)18(26)22-21-24-23-17(31-21)9-10-25-19(27)13-5-3-4-6-14(13)20(25)28/h3-8,11H,9-10H2,1-2H3,(H,22,24,26). The molecule has 1 aliphatic rings. The molecule has 31 heavy (non-hydrogen) atoms. The monoisotopic (exact) mass is 438 g/mol. The van der Waals surface area contributed by atoms with E-state index in [-0.39, 0.29) is 24.3 Å². The van der Waals surface area contributed by atoms with Gasteiger partial charge in [-0.15, -0.1) is 10.2 Å².